The Kier molecular flexibility index (Phi) is 8.25. The first kappa shape index (κ1) is 21.7. The Morgan fingerprint density at radius 2 is 2.00 bits per heavy atom. The molecule has 8 heteroatoms. The summed E-state index contributed by atoms with van der Waals surface area (Å²) in [7, 11) is 1.27. The highest BCUT2D eigenvalue weighted by atomic mass is 32.2. The Labute approximate surface area is 168 Å². The third kappa shape index (κ3) is 6.53. The van der Waals surface area contributed by atoms with Crippen LogP contribution in [0.25, 0.3) is 0 Å². The van der Waals surface area contributed by atoms with Crippen molar-refractivity contribution in [2.75, 3.05) is 13.7 Å². The molecule has 2 N–H and O–H groups in total. The Balaban J connectivity index is 1.96. The minimum absolute atomic E-state index is 0.0934. The van der Waals surface area contributed by atoms with Gasteiger partial charge < -0.3 is 15.0 Å². The smallest absolute Gasteiger partial charge is 0.311 e. The zero-order chi connectivity index (χ0) is 20.5. The van der Waals surface area contributed by atoms with E-state index in [1.54, 1.807) is 6.92 Å². The number of esters is 1. The van der Waals surface area contributed by atoms with E-state index in [1.807, 2.05) is 18.2 Å². The van der Waals surface area contributed by atoms with Gasteiger partial charge in [-0.05, 0) is 18.9 Å². The summed E-state index contributed by atoms with van der Waals surface area (Å²) in [6, 6.07) is 11.3. The number of hydrogen-bond acceptors (Lipinski definition) is 6. The molecule has 0 saturated heterocycles. The number of methoxy groups -OCH3 is 1. The second kappa shape index (κ2) is 10.7. The SMILES string of the molecule is CC[C@H](CNC(=O)[C@H](C)Sc1nc(CC(=O)OC)cc(=O)[nH]1)c1ccccc1. The Morgan fingerprint density at radius 1 is 1.29 bits per heavy atom. The van der Waals surface area contributed by atoms with E-state index in [-0.39, 0.29) is 23.8 Å². The molecule has 2 aromatic rings. The van der Waals surface area contributed by atoms with Crippen LogP contribution < -0.4 is 10.9 Å². The van der Waals surface area contributed by atoms with Crippen LogP contribution in [0, 0.1) is 0 Å². The van der Waals surface area contributed by atoms with Crippen molar-refractivity contribution in [3.63, 3.8) is 0 Å². The molecule has 7 nitrogen and oxygen atoms in total. The van der Waals surface area contributed by atoms with Crippen molar-refractivity contribution in [2.45, 2.75) is 43.0 Å². The first-order chi connectivity index (χ1) is 13.4. The fourth-order valence-electron chi connectivity index (χ4n) is 2.66. The van der Waals surface area contributed by atoms with Crippen LogP contribution in [0.3, 0.4) is 0 Å². The van der Waals surface area contributed by atoms with Crippen molar-refractivity contribution in [2.24, 2.45) is 0 Å². The quantitative estimate of drug-likeness (QED) is 0.378. The summed E-state index contributed by atoms with van der Waals surface area (Å²) < 4.78 is 4.59. The molecule has 0 aliphatic heterocycles. The molecule has 1 aromatic heterocycles. The number of H-pyrrole nitrogens is 1. The normalized spacial score (nSPS) is 12.8. The molecule has 1 heterocycles. The van der Waals surface area contributed by atoms with E-state index in [9.17, 15) is 14.4 Å². The van der Waals surface area contributed by atoms with Crippen LogP contribution in [0.2, 0.25) is 0 Å². The number of nitrogens with zero attached hydrogens (tertiary/aromatic N) is 1. The van der Waals surface area contributed by atoms with Crippen LogP contribution in [-0.2, 0) is 20.7 Å². The number of aromatic nitrogens is 2. The molecular weight excluding hydrogens is 378 g/mol. The molecule has 0 spiro atoms. The van der Waals surface area contributed by atoms with Crippen molar-refractivity contribution < 1.29 is 14.3 Å². The maximum absolute atomic E-state index is 12.5. The van der Waals surface area contributed by atoms with Crippen molar-refractivity contribution in [1.29, 1.82) is 0 Å². The van der Waals surface area contributed by atoms with Gasteiger partial charge in [0.15, 0.2) is 5.16 Å². The molecule has 2 atom stereocenters. The number of hydrogen-bond donors (Lipinski definition) is 2. The van der Waals surface area contributed by atoms with Crippen molar-refractivity contribution in [3.8, 4) is 0 Å². The largest absolute Gasteiger partial charge is 0.469 e. The highest BCUT2D eigenvalue weighted by molar-refractivity contribution is 8.00. The Bertz CT molecular complexity index is 854. The number of thioether (sulfide) groups is 1. The highest BCUT2D eigenvalue weighted by Gasteiger charge is 2.18. The Morgan fingerprint density at radius 3 is 2.64 bits per heavy atom. The topological polar surface area (TPSA) is 101 Å². The van der Waals surface area contributed by atoms with Crippen molar-refractivity contribution in [1.82, 2.24) is 15.3 Å². The summed E-state index contributed by atoms with van der Waals surface area (Å²) in [5, 5.41) is 2.81. The van der Waals surface area contributed by atoms with Crippen LogP contribution in [0.5, 0.6) is 0 Å². The van der Waals surface area contributed by atoms with Gasteiger partial charge in [-0.2, -0.15) is 0 Å². The van der Waals surface area contributed by atoms with E-state index in [1.165, 1.54) is 18.7 Å². The maximum Gasteiger partial charge on any atom is 0.311 e. The molecule has 28 heavy (non-hydrogen) atoms. The van der Waals surface area contributed by atoms with Gasteiger partial charge in [-0.15, -0.1) is 0 Å². The van der Waals surface area contributed by atoms with Crippen molar-refractivity contribution in [3.05, 3.63) is 58.0 Å². The maximum atomic E-state index is 12.5. The van der Waals surface area contributed by atoms with Gasteiger partial charge in [0.25, 0.3) is 5.56 Å². The van der Waals surface area contributed by atoms with Crippen LogP contribution in [0.1, 0.15) is 37.4 Å². The Hall–Kier alpha value is -2.61. The van der Waals surface area contributed by atoms with Gasteiger partial charge in [0.05, 0.1) is 24.5 Å². The lowest BCUT2D eigenvalue weighted by Crippen LogP contribution is -2.34. The zero-order valence-electron chi connectivity index (χ0n) is 16.2. The molecule has 0 aliphatic rings. The third-order valence-electron chi connectivity index (χ3n) is 4.27. The number of nitrogens with one attached hydrogen (secondary N) is 2. The van der Waals surface area contributed by atoms with Crippen LogP contribution in [0.15, 0.2) is 46.3 Å². The standard InChI is InChI=1S/C20H25N3O4S/c1-4-14(15-8-6-5-7-9-15)12-21-19(26)13(2)28-20-22-16(10-17(24)23-20)11-18(25)27-3/h5-10,13-14H,4,11-12H2,1-3H3,(H,21,26)(H,22,23,24)/t13-,14+/m0/s1. The van der Waals surface area contributed by atoms with Gasteiger partial charge in [0, 0.05) is 18.5 Å². The molecule has 0 fully saturated rings. The average molecular weight is 404 g/mol. The third-order valence-corrected chi connectivity index (χ3v) is 5.25. The number of aromatic amines is 1. The molecule has 1 aromatic carbocycles. The lowest BCUT2D eigenvalue weighted by atomic mass is 9.96. The van der Waals surface area contributed by atoms with Gasteiger partial charge in [0.2, 0.25) is 5.91 Å². The lowest BCUT2D eigenvalue weighted by molar-refractivity contribution is -0.139. The fraction of sp³-hybridized carbons (Fsp3) is 0.400. The van der Waals surface area contributed by atoms with Gasteiger partial charge in [-0.3, -0.25) is 14.4 Å². The van der Waals surface area contributed by atoms with E-state index >= 15 is 0 Å². The molecule has 0 unspecified atom stereocenters. The first-order valence-corrected chi connectivity index (χ1v) is 9.97. The first-order valence-electron chi connectivity index (χ1n) is 9.09. The molecule has 0 bridgehead atoms. The van der Waals surface area contributed by atoms with E-state index in [0.717, 1.165) is 18.2 Å². The molecular formula is C20H25N3O4S. The zero-order valence-corrected chi connectivity index (χ0v) is 17.0. The number of rotatable bonds is 9. The van der Waals surface area contributed by atoms with E-state index < -0.39 is 11.2 Å². The van der Waals surface area contributed by atoms with E-state index in [4.69, 9.17) is 0 Å². The monoisotopic (exact) mass is 403 g/mol. The van der Waals surface area contributed by atoms with Crippen molar-refractivity contribution >= 4 is 23.6 Å². The minimum Gasteiger partial charge on any atom is -0.469 e. The second-order valence-electron chi connectivity index (χ2n) is 6.32. The summed E-state index contributed by atoms with van der Waals surface area (Å²) in [4.78, 5) is 42.5. The molecule has 1 amide bonds. The molecule has 150 valence electrons. The number of carbonyl (C=O) groups is 2. The molecule has 2 rings (SSSR count). The van der Waals surface area contributed by atoms with Crippen LogP contribution >= 0.6 is 11.8 Å². The highest BCUT2D eigenvalue weighted by Crippen LogP contribution is 2.21. The lowest BCUT2D eigenvalue weighted by Gasteiger charge is -2.18. The van der Waals surface area contributed by atoms with Crippen LogP contribution in [0.4, 0.5) is 0 Å². The predicted molar refractivity (Wildman–Crippen MR) is 108 cm³/mol. The number of carbonyl (C=O) groups excluding carboxylic acids is 2. The molecule has 0 aliphatic carbocycles. The summed E-state index contributed by atoms with van der Waals surface area (Å²) >= 11 is 1.14. The van der Waals surface area contributed by atoms with Gasteiger partial charge >= 0.3 is 5.97 Å². The number of benzene rings is 1. The van der Waals surface area contributed by atoms with Gasteiger partial charge in [-0.1, -0.05) is 49.0 Å². The van der Waals surface area contributed by atoms with Gasteiger partial charge in [-0.25, -0.2) is 4.98 Å². The predicted octanol–water partition coefficient (Wildman–Crippen LogP) is 2.28. The summed E-state index contributed by atoms with van der Waals surface area (Å²) in [5.74, 6) is -0.379. The van der Waals surface area contributed by atoms with E-state index in [2.05, 4.69) is 39.1 Å². The number of ether oxygens (including phenoxy) is 1. The average Bonchev–Trinajstić information content (AvgIpc) is 2.68. The van der Waals surface area contributed by atoms with Crippen LogP contribution in [-0.4, -0.2) is 40.7 Å². The molecule has 0 saturated carbocycles. The second-order valence-corrected chi connectivity index (χ2v) is 7.65. The number of amides is 1. The fourth-order valence-corrected chi connectivity index (χ4v) is 3.52. The minimum atomic E-state index is -0.480. The summed E-state index contributed by atoms with van der Waals surface area (Å²) in [6.07, 6.45) is 0.820. The molecule has 0 radical (unpaired) electrons. The van der Waals surface area contributed by atoms with Gasteiger partial charge in [0.1, 0.15) is 0 Å². The summed E-state index contributed by atoms with van der Waals surface area (Å²) in [5.41, 5.74) is 1.12. The summed E-state index contributed by atoms with van der Waals surface area (Å²) in [6.45, 7) is 4.37. The van der Waals surface area contributed by atoms with E-state index in [0.29, 0.717) is 17.4 Å².